The predicted octanol–water partition coefficient (Wildman–Crippen LogP) is 5.02. The lowest BCUT2D eigenvalue weighted by Gasteiger charge is -2.28. The second-order valence-electron chi connectivity index (χ2n) is 6.19. The van der Waals surface area contributed by atoms with E-state index in [4.69, 9.17) is 47.0 Å². The zero-order chi connectivity index (χ0) is 20.2. The van der Waals surface area contributed by atoms with Crippen LogP contribution in [-0.4, -0.2) is 21.0 Å². The summed E-state index contributed by atoms with van der Waals surface area (Å²) in [6.45, 7) is 5.99. The van der Waals surface area contributed by atoms with E-state index in [1.54, 1.807) is 24.3 Å². The average molecular weight is 445 g/mol. The highest BCUT2D eigenvalue weighted by atomic mass is 35.6. The molecule has 0 heterocycles. The molecule has 27 heavy (non-hydrogen) atoms. The van der Waals surface area contributed by atoms with Gasteiger partial charge < -0.3 is 16.0 Å². The van der Waals surface area contributed by atoms with Crippen LogP contribution < -0.4 is 16.0 Å². The fraction of sp³-hybridized carbons (Fsp3) is 0.263. The van der Waals surface area contributed by atoms with Crippen LogP contribution in [0.2, 0.25) is 0 Å². The second kappa shape index (κ2) is 9.11. The van der Waals surface area contributed by atoms with Crippen LogP contribution in [-0.2, 0) is 0 Å². The van der Waals surface area contributed by atoms with Crippen LogP contribution in [0.4, 0.5) is 5.69 Å². The topological polar surface area (TPSA) is 53.2 Å². The van der Waals surface area contributed by atoms with Crippen molar-refractivity contribution in [2.45, 2.75) is 30.7 Å². The molecular formula is C19H20Cl3N3OS. The highest BCUT2D eigenvalue weighted by Gasteiger charge is 2.35. The summed E-state index contributed by atoms with van der Waals surface area (Å²) in [6, 6.07) is 12.7. The van der Waals surface area contributed by atoms with E-state index in [1.807, 2.05) is 39.0 Å². The van der Waals surface area contributed by atoms with Crippen LogP contribution in [0.25, 0.3) is 0 Å². The van der Waals surface area contributed by atoms with Crippen molar-refractivity contribution in [1.82, 2.24) is 10.6 Å². The predicted molar refractivity (Wildman–Crippen MR) is 118 cm³/mol. The summed E-state index contributed by atoms with van der Waals surface area (Å²) >= 11 is 23.4. The Balaban J connectivity index is 2.12. The zero-order valence-electron chi connectivity index (χ0n) is 15.1. The average Bonchev–Trinajstić information content (AvgIpc) is 2.57. The molecule has 2 aromatic carbocycles. The van der Waals surface area contributed by atoms with Gasteiger partial charge in [-0.2, -0.15) is 0 Å². The number of benzene rings is 2. The molecule has 144 valence electrons. The summed E-state index contributed by atoms with van der Waals surface area (Å²) < 4.78 is -1.81. The zero-order valence-corrected chi connectivity index (χ0v) is 18.2. The van der Waals surface area contributed by atoms with Crippen molar-refractivity contribution < 1.29 is 4.79 Å². The molecule has 0 saturated carbocycles. The molecule has 3 N–H and O–H groups in total. The first kappa shape index (κ1) is 21.8. The number of rotatable bonds is 4. The van der Waals surface area contributed by atoms with Gasteiger partial charge in [0.25, 0.3) is 5.91 Å². The number of halogens is 3. The van der Waals surface area contributed by atoms with Crippen molar-refractivity contribution in [2.24, 2.45) is 0 Å². The minimum atomic E-state index is -1.81. The third-order valence-electron chi connectivity index (χ3n) is 3.83. The molecule has 0 aliphatic rings. The molecule has 2 rings (SSSR count). The fourth-order valence-corrected chi connectivity index (χ4v) is 3.21. The first-order chi connectivity index (χ1) is 12.6. The van der Waals surface area contributed by atoms with Crippen LogP contribution in [0.5, 0.6) is 0 Å². The summed E-state index contributed by atoms with van der Waals surface area (Å²) in [4.78, 5) is 12.4. The van der Waals surface area contributed by atoms with Gasteiger partial charge in [0.2, 0.25) is 3.79 Å². The number of anilines is 1. The lowest BCUT2D eigenvalue weighted by Crippen LogP contribution is -2.56. The maximum Gasteiger partial charge on any atom is 0.252 e. The summed E-state index contributed by atoms with van der Waals surface area (Å²) in [6.07, 6.45) is -1.03. The SMILES string of the molecule is Cc1cc(C)c(NC(=S)N[C@@H](NC(=O)c2ccccc2)C(Cl)(Cl)Cl)c(C)c1. The normalized spacial score (nSPS) is 12.2. The van der Waals surface area contributed by atoms with Gasteiger partial charge in [0.15, 0.2) is 5.11 Å². The molecular weight excluding hydrogens is 425 g/mol. The van der Waals surface area contributed by atoms with E-state index < -0.39 is 9.96 Å². The molecule has 0 spiro atoms. The number of carbonyl (C=O) groups is 1. The summed E-state index contributed by atoms with van der Waals surface area (Å²) in [5.74, 6) is -0.384. The van der Waals surface area contributed by atoms with Crippen LogP contribution in [0, 0.1) is 20.8 Å². The number of alkyl halides is 3. The Bertz CT molecular complexity index is 815. The Labute approximate surface area is 179 Å². The lowest BCUT2D eigenvalue weighted by molar-refractivity contribution is 0.0934. The molecule has 0 aromatic heterocycles. The van der Waals surface area contributed by atoms with Gasteiger partial charge >= 0.3 is 0 Å². The molecule has 1 amide bonds. The third kappa shape index (κ3) is 6.25. The van der Waals surface area contributed by atoms with Crippen molar-refractivity contribution in [3.63, 3.8) is 0 Å². The molecule has 0 unspecified atom stereocenters. The van der Waals surface area contributed by atoms with Crippen LogP contribution in [0.15, 0.2) is 42.5 Å². The molecule has 8 heteroatoms. The number of aryl methyl sites for hydroxylation is 3. The fourth-order valence-electron chi connectivity index (χ4n) is 2.66. The standard InChI is InChI=1S/C19H20Cl3N3OS/c1-11-9-12(2)15(13(3)10-11)23-18(27)25-17(19(20,21)22)24-16(26)14-7-5-4-6-8-14/h4-10,17H,1-3H3,(H,24,26)(H2,23,25,27)/t17-/m1/s1. The van der Waals surface area contributed by atoms with Crippen LogP contribution in [0.3, 0.4) is 0 Å². The van der Waals surface area contributed by atoms with Gasteiger partial charge in [0, 0.05) is 11.3 Å². The number of hydrogen-bond acceptors (Lipinski definition) is 2. The van der Waals surface area contributed by atoms with Gasteiger partial charge in [-0.3, -0.25) is 4.79 Å². The summed E-state index contributed by atoms with van der Waals surface area (Å²) in [7, 11) is 0. The number of carbonyl (C=O) groups excluding carboxylic acids is 1. The van der Waals surface area contributed by atoms with E-state index in [1.165, 1.54) is 0 Å². The van der Waals surface area contributed by atoms with Crippen molar-refractivity contribution in [3.8, 4) is 0 Å². The second-order valence-corrected chi connectivity index (χ2v) is 8.96. The monoisotopic (exact) mass is 443 g/mol. The molecule has 0 bridgehead atoms. The smallest absolute Gasteiger partial charge is 0.252 e. The maximum absolute atomic E-state index is 12.4. The lowest BCUT2D eigenvalue weighted by atomic mass is 10.1. The van der Waals surface area contributed by atoms with Gasteiger partial charge in [-0.05, 0) is 56.2 Å². The van der Waals surface area contributed by atoms with Crippen molar-refractivity contribution in [1.29, 1.82) is 0 Å². The molecule has 0 aliphatic carbocycles. The Morgan fingerprint density at radius 2 is 1.56 bits per heavy atom. The Morgan fingerprint density at radius 3 is 2.07 bits per heavy atom. The molecule has 1 atom stereocenters. The molecule has 4 nitrogen and oxygen atoms in total. The Kier molecular flexibility index (Phi) is 7.34. The van der Waals surface area contributed by atoms with Gasteiger partial charge in [-0.15, -0.1) is 0 Å². The summed E-state index contributed by atoms with van der Waals surface area (Å²) in [5.41, 5.74) is 4.55. The molecule has 0 radical (unpaired) electrons. The van der Waals surface area contributed by atoms with Crippen molar-refractivity contribution in [2.75, 3.05) is 5.32 Å². The molecule has 0 fully saturated rings. The van der Waals surface area contributed by atoms with Crippen molar-refractivity contribution >= 4 is 63.7 Å². The number of hydrogen-bond donors (Lipinski definition) is 3. The van der Waals surface area contributed by atoms with Gasteiger partial charge in [0.1, 0.15) is 6.17 Å². The highest BCUT2D eigenvalue weighted by Crippen LogP contribution is 2.29. The van der Waals surface area contributed by atoms with Gasteiger partial charge in [0.05, 0.1) is 0 Å². The minimum absolute atomic E-state index is 0.231. The maximum atomic E-state index is 12.4. The van der Waals surface area contributed by atoms with Crippen LogP contribution >= 0.6 is 47.0 Å². The van der Waals surface area contributed by atoms with E-state index in [0.717, 1.165) is 22.4 Å². The van der Waals surface area contributed by atoms with Gasteiger partial charge in [-0.1, -0.05) is 70.7 Å². The summed E-state index contributed by atoms with van der Waals surface area (Å²) in [5, 5.41) is 8.87. The molecule has 0 saturated heterocycles. The Morgan fingerprint density at radius 1 is 1.00 bits per heavy atom. The highest BCUT2D eigenvalue weighted by molar-refractivity contribution is 7.80. The van der Waals surface area contributed by atoms with Crippen molar-refractivity contribution in [3.05, 3.63) is 64.7 Å². The van der Waals surface area contributed by atoms with Gasteiger partial charge in [-0.25, -0.2) is 0 Å². The first-order valence-corrected chi connectivity index (χ1v) is 9.70. The third-order valence-corrected chi connectivity index (χ3v) is 4.70. The van der Waals surface area contributed by atoms with E-state index in [2.05, 4.69) is 16.0 Å². The van der Waals surface area contributed by atoms with E-state index >= 15 is 0 Å². The van der Waals surface area contributed by atoms with E-state index in [9.17, 15) is 4.79 Å². The first-order valence-electron chi connectivity index (χ1n) is 8.16. The quantitative estimate of drug-likeness (QED) is 0.352. The molecule has 2 aromatic rings. The Hall–Kier alpha value is -1.53. The number of nitrogens with one attached hydrogen (secondary N) is 3. The molecule has 0 aliphatic heterocycles. The van der Waals surface area contributed by atoms with E-state index in [0.29, 0.717) is 5.56 Å². The van der Waals surface area contributed by atoms with E-state index in [-0.39, 0.29) is 11.0 Å². The minimum Gasteiger partial charge on any atom is -0.339 e. The number of thiocarbonyl (C=S) groups is 1. The van der Waals surface area contributed by atoms with Crippen LogP contribution in [0.1, 0.15) is 27.0 Å². The number of amides is 1. The largest absolute Gasteiger partial charge is 0.339 e.